The van der Waals surface area contributed by atoms with Crippen LogP contribution in [0.4, 0.5) is 0 Å². The van der Waals surface area contributed by atoms with Crippen LogP contribution in [0.2, 0.25) is 0 Å². The maximum atomic E-state index is 12.2. The Kier molecular flexibility index (Phi) is 2.66. The molecule has 3 aliphatic rings. The summed E-state index contributed by atoms with van der Waals surface area (Å²) in [6.07, 6.45) is 6.45. The van der Waals surface area contributed by atoms with Gasteiger partial charge in [-0.3, -0.25) is 4.79 Å². The molecule has 3 fully saturated rings. The van der Waals surface area contributed by atoms with Crippen LogP contribution in [-0.2, 0) is 4.79 Å². The molecule has 1 amide bonds. The van der Waals surface area contributed by atoms with E-state index in [1.54, 1.807) is 0 Å². The van der Waals surface area contributed by atoms with Crippen LogP contribution in [0.25, 0.3) is 0 Å². The van der Waals surface area contributed by atoms with Gasteiger partial charge in [-0.2, -0.15) is 0 Å². The van der Waals surface area contributed by atoms with Crippen molar-refractivity contribution in [3.05, 3.63) is 0 Å². The molecule has 16 heavy (non-hydrogen) atoms. The predicted octanol–water partition coefficient (Wildman–Crippen LogP) is 1.29. The second-order valence-corrected chi connectivity index (χ2v) is 5.91. The molecule has 2 N–H and O–H groups in total. The van der Waals surface area contributed by atoms with E-state index < -0.39 is 0 Å². The minimum Gasteiger partial charge on any atom is -0.351 e. The fourth-order valence-corrected chi connectivity index (χ4v) is 2.97. The SMILES string of the molecule is CC1CCNC1C(=O)NC(C1CC1)C1CC1. The third-order valence-electron chi connectivity index (χ3n) is 4.38. The van der Waals surface area contributed by atoms with E-state index in [0.29, 0.717) is 12.0 Å². The Morgan fingerprint density at radius 2 is 1.81 bits per heavy atom. The first-order valence-corrected chi connectivity index (χ1v) is 6.79. The second-order valence-electron chi connectivity index (χ2n) is 5.91. The van der Waals surface area contributed by atoms with Gasteiger partial charge in [-0.15, -0.1) is 0 Å². The van der Waals surface area contributed by atoms with Crippen molar-refractivity contribution in [2.24, 2.45) is 17.8 Å². The predicted molar refractivity (Wildman–Crippen MR) is 63.0 cm³/mol. The van der Waals surface area contributed by atoms with Gasteiger partial charge in [0, 0.05) is 6.04 Å². The number of hydrogen-bond acceptors (Lipinski definition) is 2. The van der Waals surface area contributed by atoms with Gasteiger partial charge in [0.05, 0.1) is 6.04 Å². The number of carbonyl (C=O) groups is 1. The van der Waals surface area contributed by atoms with Gasteiger partial charge in [-0.25, -0.2) is 0 Å². The number of nitrogens with one attached hydrogen (secondary N) is 2. The molecule has 90 valence electrons. The van der Waals surface area contributed by atoms with Gasteiger partial charge in [-0.05, 0) is 56.4 Å². The van der Waals surface area contributed by atoms with Crippen molar-refractivity contribution in [2.75, 3.05) is 6.54 Å². The smallest absolute Gasteiger partial charge is 0.237 e. The van der Waals surface area contributed by atoms with Gasteiger partial charge >= 0.3 is 0 Å². The highest BCUT2D eigenvalue weighted by atomic mass is 16.2. The van der Waals surface area contributed by atoms with Gasteiger partial charge in [0.2, 0.25) is 5.91 Å². The van der Waals surface area contributed by atoms with Crippen molar-refractivity contribution in [2.45, 2.75) is 51.1 Å². The normalized spacial score (nSPS) is 34.4. The van der Waals surface area contributed by atoms with Crippen LogP contribution in [0, 0.1) is 17.8 Å². The van der Waals surface area contributed by atoms with E-state index in [2.05, 4.69) is 17.6 Å². The van der Waals surface area contributed by atoms with Crippen molar-refractivity contribution >= 4 is 5.91 Å². The number of hydrogen-bond donors (Lipinski definition) is 2. The molecule has 3 rings (SSSR count). The van der Waals surface area contributed by atoms with Gasteiger partial charge in [0.15, 0.2) is 0 Å². The standard InChI is InChI=1S/C13H22N2O/c1-8-6-7-14-11(8)13(16)15-12(9-2-3-9)10-4-5-10/h8-12,14H,2-7H2,1H3,(H,15,16). The Balaban J connectivity index is 1.57. The van der Waals surface area contributed by atoms with Crippen LogP contribution in [0.1, 0.15) is 39.0 Å². The quantitative estimate of drug-likeness (QED) is 0.752. The fraction of sp³-hybridized carbons (Fsp3) is 0.923. The summed E-state index contributed by atoms with van der Waals surface area (Å²) >= 11 is 0. The molecule has 0 spiro atoms. The number of rotatable bonds is 4. The maximum Gasteiger partial charge on any atom is 0.237 e. The van der Waals surface area contributed by atoms with Crippen LogP contribution in [0.15, 0.2) is 0 Å². The van der Waals surface area contributed by atoms with Gasteiger partial charge in [-0.1, -0.05) is 6.92 Å². The lowest BCUT2D eigenvalue weighted by Crippen LogP contribution is -2.48. The maximum absolute atomic E-state index is 12.2. The highest BCUT2D eigenvalue weighted by Gasteiger charge is 2.43. The fourth-order valence-electron chi connectivity index (χ4n) is 2.97. The molecule has 1 saturated heterocycles. The van der Waals surface area contributed by atoms with Crippen molar-refractivity contribution in [3.8, 4) is 0 Å². The molecular weight excluding hydrogens is 200 g/mol. The van der Waals surface area contributed by atoms with Gasteiger partial charge < -0.3 is 10.6 Å². The van der Waals surface area contributed by atoms with Crippen LogP contribution in [-0.4, -0.2) is 24.5 Å². The first-order valence-electron chi connectivity index (χ1n) is 6.79. The van der Waals surface area contributed by atoms with Crippen molar-refractivity contribution < 1.29 is 4.79 Å². The lowest BCUT2D eigenvalue weighted by Gasteiger charge is -2.22. The number of amides is 1. The van der Waals surface area contributed by atoms with Crippen molar-refractivity contribution in [1.82, 2.24) is 10.6 Å². The van der Waals surface area contributed by atoms with E-state index >= 15 is 0 Å². The minimum atomic E-state index is 0.0694. The van der Waals surface area contributed by atoms with Gasteiger partial charge in [0.25, 0.3) is 0 Å². The Labute approximate surface area is 97.4 Å². The molecule has 2 unspecified atom stereocenters. The summed E-state index contributed by atoms with van der Waals surface area (Å²) in [5.41, 5.74) is 0. The van der Waals surface area contributed by atoms with E-state index in [1.165, 1.54) is 25.7 Å². The number of carbonyl (C=O) groups excluding carboxylic acids is 1. The molecule has 0 bridgehead atoms. The molecular formula is C13H22N2O. The summed E-state index contributed by atoms with van der Waals surface area (Å²) in [6, 6.07) is 0.571. The molecule has 3 nitrogen and oxygen atoms in total. The van der Waals surface area contributed by atoms with Crippen LogP contribution in [0.5, 0.6) is 0 Å². The van der Waals surface area contributed by atoms with Gasteiger partial charge in [0.1, 0.15) is 0 Å². The average Bonchev–Trinajstić information content (AvgIpc) is 3.14. The lowest BCUT2D eigenvalue weighted by atomic mass is 10.0. The zero-order valence-electron chi connectivity index (χ0n) is 10.0. The van der Waals surface area contributed by atoms with Crippen molar-refractivity contribution in [3.63, 3.8) is 0 Å². The van der Waals surface area contributed by atoms with E-state index in [0.717, 1.165) is 24.8 Å². The zero-order chi connectivity index (χ0) is 11.1. The largest absolute Gasteiger partial charge is 0.351 e. The molecule has 0 aromatic carbocycles. The Morgan fingerprint density at radius 1 is 1.19 bits per heavy atom. The minimum absolute atomic E-state index is 0.0694. The highest BCUT2D eigenvalue weighted by molar-refractivity contribution is 5.82. The summed E-state index contributed by atoms with van der Waals surface area (Å²) in [5.74, 6) is 2.36. The first kappa shape index (κ1) is 10.6. The van der Waals surface area contributed by atoms with E-state index in [1.807, 2.05) is 0 Å². The molecule has 0 aromatic rings. The molecule has 1 aliphatic heterocycles. The third kappa shape index (κ3) is 2.10. The Bertz CT molecular complexity index is 272. The van der Waals surface area contributed by atoms with Crippen LogP contribution >= 0.6 is 0 Å². The second kappa shape index (κ2) is 4.02. The molecule has 1 heterocycles. The molecule has 2 aliphatic carbocycles. The summed E-state index contributed by atoms with van der Waals surface area (Å²) in [5, 5.41) is 6.63. The molecule has 0 aromatic heterocycles. The Morgan fingerprint density at radius 3 is 2.25 bits per heavy atom. The summed E-state index contributed by atoms with van der Waals surface area (Å²) < 4.78 is 0. The summed E-state index contributed by atoms with van der Waals surface area (Å²) in [6.45, 7) is 3.17. The average molecular weight is 222 g/mol. The first-order chi connectivity index (χ1) is 7.75. The summed E-state index contributed by atoms with van der Waals surface area (Å²) in [7, 11) is 0. The van der Waals surface area contributed by atoms with E-state index in [4.69, 9.17) is 0 Å². The monoisotopic (exact) mass is 222 g/mol. The topological polar surface area (TPSA) is 41.1 Å². The summed E-state index contributed by atoms with van der Waals surface area (Å²) in [4.78, 5) is 12.2. The molecule has 0 radical (unpaired) electrons. The van der Waals surface area contributed by atoms with E-state index in [-0.39, 0.29) is 11.9 Å². The van der Waals surface area contributed by atoms with E-state index in [9.17, 15) is 4.79 Å². The zero-order valence-corrected chi connectivity index (χ0v) is 10.0. The molecule has 2 saturated carbocycles. The third-order valence-corrected chi connectivity index (χ3v) is 4.38. The van der Waals surface area contributed by atoms with Crippen molar-refractivity contribution in [1.29, 1.82) is 0 Å². The van der Waals surface area contributed by atoms with Crippen LogP contribution in [0.3, 0.4) is 0 Å². The highest BCUT2D eigenvalue weighted by Crippen LogP contribution is 2.44. The Hall–Kier alpha value is -0.570. The lowest BCUT2D eigenvalue weighted by molar-refractivity contribution is -0.124. The molecule has 2 atom stereocenters. The van der Waals surface area contributed by atoms with Crippen LogP contribution < -0.4 is 10.6 Å². The molecule has 3 heteroatoms.